The van der Waals surface area contributed by atoms with E-state index in [4.69, 9.17) is 0 Å². The molecule has 0 aliphatic heterocycles. The van der Waals surface area contributed by atoms with Crippen LogP contribution in [0.3, 0.4) is 0 Å². The molecular formula is C16H21BrN2S. The summed E-state index contributed by atoms with van der Waals surface area (Å²) in [5.41, 5.74) is 2.66. The molecule has 108 valence electrons. The van der Waals surface area contributed by atoms with Gasteiger partial charge in [0.25, 0.3) is 0 Å². The molecule has 20 heavy (non-hydrogen) atoms. The summed E-state index contributed by atoms with van der Waals surface area (Å²) >= 11 is 5.51. The molecule has 1 N–H and O–H groups in total. The standard InChI is InChI=1S/C16H21BrN2S/c1-3-18-10-13-6-7-14(16(17)9-13)11-19(2)12-15-5-4-8-20-15/h4-9,18H,3,10-12H2,1-2H3. The Bertz CT molecular complexity index is 525. The second-order valence-electron chi connectivity index (χ2n) is 4.96. The Morgan fingerprint density at radius 2 is 2.10 bits per heavy atom. The van der Waals surface area contributed by atoms with Crippen LogP contribution in [0.1, 0.15) is 22.9 Å². The summed E-state index contributed by atoms with van der Waals surface area (Å²) in [6.07, 6.45) is 0. The molecule has 2 nitrogen and oxygen atoms in total. The number of rotatable bonds is 7. The molecule has 0 saturated carbocycles. The van der Waals surface area contributed by atoms with Crippen LogP contribution in [0.4, 0.5) is 0 Å². The van der Waals surface area contributed by atoms with Gasteiger partial charge in [-0.2, -0.15) is 0 Å². The van der Waals surface area contributed by atoms with Crippen LogP contribution in [-0.2, 0) is 19.6 Å². The van der Waals surface area contributed by atoms with Crippen LogP contribution in [0.2, 0.25) is 0 Å². The van der Waals surface area contributed by atoms with E-state index in [-0.39, 0.29) is 0 Å². The van der Waals surface area contributed by atoms with E-state index in [1.54, 1.807) is 0 Å². The van der Waals surface area contributed by atoms with Crippen LogP contribution in [0.15, 0.2) is 40.2 Å². The summed E-state index contributed by atoms with van der Waals surface area (Å²) in [6, 6.07) is 11.0. The van der Waals surface area contributed by atoms with Crippen LogP contribution in [0.5, 0.6) is 0 Å². The fourth-order valence-corrected chi connectivity index (χ4v) is 3.45. The fourth-order valence-electron chi connectivity index (χ4n) is 2.11. The number of hydrogen-bond donors (Lipinski definition) is 1. The molecule has 0 bridgehead atoms. The van der Waals surface area contributed by atoms with Crippen molar-refractivity contribution < 1.29 is 0 Å². The zero-order valence-corrected chi connectivity index (χ0v) is 14.4. The van der Waals surface area contributed by atoms with Crippen molar-refractivity contribution >= 4 is 27.3 Å². The number of thiophene rings is 1. The molecule has 0 spiro atoms. The normalized spacial score (nSPS) is 11.2. The molecule has 0 atom stereocenters. The lowest BCUT2D eigenvalue weighted by atomic mass is 10.1. The predicted molar refractivity (Wildman–Crippen MR) is 91.0 cm³/mol. The average Bonchev–Trinajstić information content (AvgIpc) is 2.92. The maximum atomic E-state index is 3.69. The molecule has 2 aromatic rings. The summed E-state index contributed by atoms with van der Waals surface area (Å²) in [5.74, 6) is 0. The fraction of sp³-hybridized carbons (Fsp3) is 0.375. The maximum Gasteiger partial charge on any atom is 0.0328 e. The van der Waals surface area contributed by atoms with Crippen LogP contribution in [-0.4, -0.2) is 18.5 Å². The molecule has 1 aromatic heterocycles. The zero-order chi connectivity index (χ0) is 14.4. The number of nitrogens with one attached hydrogen (secondary N) is 1. The lowest BCUT2D eigenvalue weighted by Crippen LogP contribution is -2.17. The molecule has 2 rings (SSSR count). The smallest absolute Gasteiger partial charge is 0.0328 e. The molecule has 0 amide bonds. The molecule has 1 aromatic carbocycles. The molecule has 0 saturated heterocycles. The van der Waals surface area contributed by atoms with Gasteiger partial charge in [-0.3, -0.25) is 4.90 Å². The first kappa shape index (κ1) is 15.7. The molecule has 0 unspecified atom stereocenters. The van der Waals surface area contributed by atoms with Gasteiger partial charge in [-0.1, -0.05) is 41.1 Å². The van der Waals surface area contributed by atoms with Crippen LogP contribution in [0, 0.1) is 0 Å². The number of nitrogens with zero attached hydrogens (tertiary/aromatic N) is 1. The number of hydrogen-bond acceptors (Lipinski definition) is 3. The summed E-state index contributed by atoms with van der Waals surface area (Å²) < 4.78 is 1.20. The van der Waals surface area contributed by atoms with E-state index in [9.17, 15) is 0 Å². The third-order valence-corrected chi connectivity index (χ3v) is 4.74. The monoisotopic (exact) mass is 352 g/mol. The highest BCUT2D eigenvalue weighted by Crippen LogP contribution is 2.21. The minimum absolute atomic E-state index is 0.931. The van der Waals surface area contributed by atoms with Crippen molar-refractivity contribution in [1.29, 1.82) is 0 Å². The molecular weight excluding hydrogens is 332 g/mol. The Balaban J connectivity index is 1.95. The summed E-state index contributed by atoms with van der Waals surface area (Å²) in [4.78, 5) is 3.75. The SMILES string of the molecule is CCNCc1ccc(CN(C)Cc2cccs2)c(Br)c1. The van der Waals surface area contributed by atoms with Crippen molar-refractivity contribution in [3.05, 3.63) is 56.2 Å². The average molecular weight is 353 g/mol. The van der Waals surface area contributed by atoms with Gasteiger partial charge < -0.3 is 5.32 Å². The van der Waals surface area contributed by atoms with E-state index in [1.165, 1.54) is 20.5 Å². The third-order valence-electron chi connectivity index (χ3n) is 3.14. The van der Waals surface area contributed by atoms with Gasteiger partial charge in [0, 0.05) is 29.0 Å². The van der Waals surface area contributed by atoms with Crippen molar-refractivity contribution in [2.45, 2.75) is 26.6 Å². The van der Waals surface area contributed by atoms with Gasteiger partial charge in [0.1, 0.15) is 0 Å². The largest absolute Gasteiger partial charge is 0.313 e. The van der Waals surface area contributed by atoms with Crippen LogP contribution in [0.25, 0.3) is 0 Å². The molecule has 1 heterocycles. The van der Waals surface area contributed by atoms with Gasteiger partial charge in [0.2, 0.25) is 0 Å². The van der Waals surface area contributed by atoms with Gasteiger partial charge in [-0.15, -0.1) is 11.3 Å². The topological polar surface area (TPSA) is 15.3 Å². The Kier molecular flexibility index (Phi) is 6.23. The Morgan fingerprint density at radius 1 is 1.25 bits per heavy atom. The van der Waals surface area contributed by atoms with Crippen LogP contribution < -0.4 is 5.32 Å². The van der Waals surface area contributed by atoms with Crippen molar-refractivity contribution in [3.63, 3.8) is 0 Å². The lowest BCUT2D eigenvalue weighted by Gasteiger charge is -2.17. The van der Waals surface area contributed by atoms with E-state index >= 15 is 0 Å². The summed E-state index contributed by atoms with van der Waals surface area (Å²) in [5, 5.41) is 5.49. The van der Waals surface area contributed by atoms with Gasteiger partial charge in [-0.05, 0) is 42.2 Å². The van der Waals surface area contributed by atoms with E-state index in [2.05, 4.69) is 75.8 Å². The molecule has 0 aliphatic carbocycles. The van der Waals surface area contributed by atoms with Gasteiger partial charge >= 0.3 is 0 Å². The molecule has 4 heteroatoms. The highest BCUT2D eigenvalue weighted by molar-refractivity contribution is 9.10. The zero-order valence-electron chi connectivity index (χ0n) is 12.0. The van der Waals surface area contributed by atoms with Crippen LogP contribution >= 0.6 is 27.3 Å². The second kappa shape index (κ2) is 7.93. The first-order chi connectivity index (χ1) is 9.69. The van der Waals surface area contributed by atoms with Gasteiger partial charge in [0.05, 0.1) is 0 Å². The summed E-state index contributed by atoms with van der Waals surface area (Å²) in [7, 11) is 2.17. The molecule has 0 fully saturated rings. The van der Waals surface area contributed by atoms with E-state index < -0.39 is 0 Å². The highest BCUT2D eigenvalue weighted by Gasteiger charge is 2.06. The van der Waals surface area contributed by atoms with Crippen molar-refractivity contribution in [3.8, 4) is 0 Å². The molecule has 0 radical (unpaired) electrons. The highest BCUT2D eigenvalue weighted by atomic mass is 79.9. The van der Waals surface area contributed by atoms with Crippen molar-refractivity contribution in [2.75, 3.05) is 13.6 Å². The number of halogens is 1. The van der Waals surface area contributed by atoms with E-state index in [1.807, 2.05) is 11.3 Å². The quantitative estimate of drug-likeness (QED) is 0.801. The molecule has 0 aliphatic rings. The minimum atomic E-state index is 0.931. The maximum absolute atomic E-state index is 3.69. The lowest BCUT2D eigenvalue weighted by molar-refractivity contribution is 0.321. The Hall–Kier alpha value is -0.680. The Morgan fingerprint density at radius 3 is 2.75 bits per heavy atom. The second-order valence-corrected chi connectivity index (χ2v) is 6.84. The van der Waals surface area contributed by atoms with E-state index in [0.29, 0.717) is 0 Å². The van der Waals surface area contributed by atoms with E-state index in [0.717, 1.165) is 26.2 Å². The van der Waals surface area contributed by atoms with Crippen molar-refractivity contribution in [1.82, 2.24) is 10.2 Å². The van der Waals surface area contributed by atoms with Gasteiger partial charge in [-0.25, -0.2) is 0 Å². The summed E-state index contributed by atoms with van der Waals surface area (Å²) in [6.45, 7) is 6.02. The third kappa shape index (κ3) is 4.70. The minimum Gasteiger partial charge on any atom is -0.313 e. The first-order valence-electron chi connectivity index (χ1n) is 6.88. The first-order valence-corrected chi connectivity index (χ1v) is 8.55. The van der Waals surface area contributed by atoms with Crippen molar-refractivity contribution in [2.24, 2.45) is 0 Å². The predicted octanol–water partition coefficient (Wildman–Crippen LogP) is 4.25. The Labute approximate surface area is 133 Å². The van der Waals surface area contributed by atoms with Gasteiger partial charge in [0.15, 0.2) is 0 Å². The number of benzene rings is 1.